The number of fused-ring (bicyclic) bond motifs is 1. The molecule has 6 heteroatoms. The van der Waals surface area contributed by atoms with Crippen molar-refractivity contribution in [2.45, 2.75) is 25.3 Å². The number of aromatic nitrogens is 3. The fourth-order valence-electron chi connectivity index (χ4n) is 3.22. The van der Waals surface area contributed by atoms with E-state index in [0.29, 0.717) is 12.5 Å². The quantitative estimate of drug-likeness (QED) is 0.743. The highest BCUT2D eigenvalue weighted by Gasteiger charge is 2.26. The summed E-state index contributed by atoms with van der Waals surface area (Å²) in [5.41, 5.74) is 1.94. The molecule has 3 heterocycles. The number of imidazole rings is 1. The lowest BCUT2D eigenvalue weighted by Gasteiger charge is -2.32. The maximum Gasteiger partial charge on any atom is 0.242 e. The summed E-state index contributed by atoms with van der Waals surface area (Å²) in [4.78, 5) is 23.4. The molecule has 0 aliphatic carbocycles. The predicted molar refractivity (Wildman–Crippen MR) is 90.4 cm³/mol. The van der Waals surface area contributed by atoms with Crippen LogP contribution >= 0.6 is 11.3 Å². The first kappa shape index (κ1) is 14.4. The van der Waals surface area contributed by atoms with Gasteiger partial charge in [0.2, 0.25) is 5.91 Å². The Labute approximate surface area is 138 Å². The van der Waals surface area contributed by atoms with Gasteiger partial charge in [0.1, 0.15) is 6.54 Å². The molecule has 2 aromatic heterocycles. The third-order valence-corrected chi connectivity index (χ3v) is 5.35. The zero-order chi connectivity index (χ0) is 15.6. The average molecular weight is 326 g/mol. The monoisotopic (exact) mass is 326 g/mol. The standard InChI is InChI=1S/C17H18N4OS/c22-16(11-21-12-19-14-5-1-2-6-15(14)21)20-8-3-4-13(10-20)17-18-7-9-23-17/h1-2,5-7,9,12-13H,3-4,8,10-11H2/t13-/m0/s1. The molecule has 1 aromatic carbocycles. The Bertz CT molecular complexity index is 811. The summed E-state index contributed by atoms with van der Waals surface area (Å²) in [7, 11) is 0. The molecule has 1 aliphatic rings. The Hall–Kier alpha value is -2.21. The van der Waals surface area contributed by atoms with Crippen molar-refractivity contribution in [3.8, 4) is 0 Å². The number of rotatable bonds is 3. The molecule has 0 N–H and O–H groups in total. The Balaban J connectivity index is 1.48. The molecule has 0 radical (unpaired) electrons. The van der Waals surface area contributed by atoms with Gasteiger partial charge in [-0.1, -0.05) is 12.1 Å². The van der Waals surface area contributed by atoms with Gasteiger partial charge in [-0.15, -0.1) is 11.3 Å². The molecule has 4 rings (SSSR count). The second-order valence-corrected chi connectivity index (χ2v) is 6.84. The van der Waals surface area contributed by atoms with Gasteiger partial charge in [-0.05, 0) is 25.0 Å². The predicted octanol–water partition coefficient (Wildman–Crippen LogP) is 2.90. The van der Waals surface area contributed by atoms with Gasteiger partial charge in [0.05, 0.1) is 22.4 Å². The van der Waals surface area contributed by atoms with Crippen LogP contribution in [0.2, 0.25) is 0 Å². The van der Waals surface area contributed by atoms with Gasteiger partial charge in [0.15, 0.2) is 0 Å². The van der Waals surface area contributed by atoms with Crippen LogP contribution in [0.25, 0.3) is 11.0 Å². The second kappa shape index (κ2) is 6.12. The van der Waals surface area contributed by atoms with Crippen LogP contribution in [-0.4, -0.2) is 38.4 Å². The molecule has 0 unspecified atom stereocenters. The third-order valence-electron chi connectivity index (χ3n) is 4.41. The highest BCUT2D eigenvalue weighted by Crippen LogP contribution is 2.28. The average Bonchev–Trinajstić information content (AvgIpc) is 3.25. The number of hydrogen-bond donors (Lipinski definition) is 0. The number of thiazole rings is 1. The van der Waals surface area contributed by atoms with Crippen molar-refractivity contribution in [3.63, 3.8) is 0 Å². The Morgan fingerprint density at radius 2 is 2.22 bits per heavy atom. The van der Waals surface area contributed by atoms with E-state index in [0.717, 1.165) is 42.0 Å². The van der Waals surface area contributed by atoms with Crippen molar-refractivity contribution in [1.82, 2.24) is 19.4 Å². The summed E-state index contributed by atoms with van der Waals surface area (Å²) in [5, 5.41) is 3.16. The first-order valence-electron chi connectivity index (χ1n) is 7.88. The minimum absolute atomic E-state index is 0.161. The minimum Gasteiger partial charge on any atom is -0.340 e. The van der Waals surface area contributed by atoms with Crippen molar-refractivity contribution < 1.29 is 4.79 Å². The van der Waals surface area contributed by atoms with E-state index in [1.54, 1.807) is 17.7 Å². The van der Waals surface area contributed by atoms with Crippen LogP contribution in [0, 0.1) is 0 Å². The molecule has 0 spiro atoms. The third kappa shape index (κ3) is 2.86. The molecule has 118 valence electrons. The molecular formula is C17H18N4OS. The highest BCUT2D eigenvalue weighted by molar-refractivity contribution is 7.09. The molecule has 1 atom stereocenters. The second-order valence-electron chi connectivity index (χ2n) is 5.91. The summed E-state index contributed by atoms with van der Waals surface area (Å²) in [6.45, 7) is 1.97. The maximum absolute atomic E-state index is 12.7. The van der Waals surface area contributed by atoms with Gasteiger partial charge in [0.25, 0.3) is 0 Å². The van der Waals surface area contributed by atoms with Crippen molar-refractivity contribution >= 4 is 28.3 Å². The van der Waals surface area contributed by atoms with Crippen molar-refractivity contribution in [2.24, 2.45) is 0 Å². The zero-order valence-corrected chi connectivity index (χ0v) is 13.6. The van der Waals surface area contributed by atoms with E-state index < -0.39 is 0 Å². The van der Waals surface area contributed by atoms with Gasteiger partial charge in [-0.2, -0.15) is 0 Å². The van der Waals surface area contributed by atoms with Crippen molar-refractivity contribution in [2.75, 3.05) is 13.1 Å². The summed E-state index contributed by atoms with van der Waals surface area (Å²) in [6.07, 6.45) is 5.76. The molecule has 0 saturated carbocycles. The normalized spacial score (nSPS) is 18.4. The van der Waals surface area contributed by atoms with Gasteiger partial charge in [0, 0.05) is 30.6 Å². The summed E-state index contributed by atoms with van der Waals surface area (Å²) < 4.78 is 1.94. The molecular weight excluding hydrogens is 308 g/mol. The van der Waals surface area contributed by atoms with E-state index in [1.807, 2.05) is 45.3 Å². The van der Waals surface area contributed by atoms with E-state index in [1.165, 1.54) is 0 Å². The van der Waals surface area contributed by atoms with Crippen LogP contribution in [0.5, 0.6) is 0 Å². The van der Waals surface area contributed by atoms with Gasteiger partial charge in [-0.25, -0.2) is 9.97 Å². The number of piperidine rings is 1. The fraction of sp³-hybridized carbons (Fsp3) is 0.353. The number of benzene rings is 1. The maximum atomic E-state index is 12.7. The van der Waals surface area contributed by atoms with E-state index in [2.05, 4.69) is 9.97 Å². The highest BCUT2D eigenvalue weighted by atomic mass is 32.1. The first-order chi connectivity index (χ1) is 11.3. The van der Waals surface area contributed by atoms with E-state index in [4.69, 9.17) is 0 Å². The molecule has 3 aromatic rings. The lowest BCUT2D eigenvalue weighted by molar-refractivity contribution is -0.133. The largest absolute Gasteiger partial charge is 0.340 e. The number of nitrogens with zero attached hydrogens (tertiary/aromatic N) is 4. The summed E-state index contributed by atoms with van der Waals surface area (Å²) in [5.74, 6) is 0.543. The van der Waals surface area contributed by atoms with Crippen molar-refractivity contribution in [1.29, 1.82) is 0 Å². The van der Waals surface area contributed by atoms with Crippen LogP contribution in [0.15, 0.2) is 42.2 Å². The Morgan fingerprint density at radius 1 is 1.30 bits per heavy atom. The van der Waals surface area contributed by atoms with Crippen LogP contribution in [0.1, 0.15) is 23.8 Å². The Kier molecular flexibility index (Phi) is 3.83. The van der Waals surface area contributed by atoms with Crippen LogP contribution in [-0.2, 0) is 11.3 Å². The fourth-order valence-corrected chi connectivity index (χ4v) is 3.99. The number of likely N-dealkylation sites (tertiary alicyclic amines) is 1. The van der Waals surface area contributed by atoms with Gasteiger partial charge < -0.3 is 9.47 Å². The molecule has 5 nitrogen and oxygen atoms in total. The number of carbonyl (C=O) groups is 1. The molecule has 1 aliphatic heterocycles. The van der Waals surface area contributed by atoms with Crippen LogP contribution < -0.4 is 0 Å². The van der Waals surface area contributed by atoms with E-state index >= 15 is 0 Å². The van der Waals surface area contributed by atoms with Crippen LogP contribution in [0.4, 0.5) is 0 Å². The van der Waals surface area contributed by atoms with E-state index in [-0.39, 0.29) is 5.91 Å². The lowest BCUT2D eigenvalue weighted by Crippen LogP contribution is -2.40. The number of carbonyl (C=O) groups excluding carboxylic acids is 1. The Morgan fingerprint density at radius 3 is 3.09 bits per heavy atom. The number of hydrogen-bond acceptors (Lipinski definition) is 4. The summed E-state index contributed by atoms with van der Waals surface area (Å²) >= 11 is 1.69. The topological polar surface area (TPSA) is 51.0 Å². The SMILES string of the molecule is O=C(Cn1cnc2ccccc21)N1CCC[C@H](c2nccs2)C1. The molecule has 23 heavy (non-hydrogen) atoms. The first-order valence-corrected chi connectivity index (χ1v) is 8.76. The van der Waals surface area contributed by atoms with Crippen molar-refractivity contribution in [3.05, 3.63) is 47.2 Å². The molecule has 1 fully saturated rings. The van der Waals surface area contributed by atoms with Gasteiger partial charge in [-0.3, -0.25) is 4.79 Å². The zero-order valence-electron chi connectivity index (χ0n) is 12.8. The molecule has 1 amide bonds. The van der Waals surface area contributed by atoms with Crippen LogP contribution in [0.3, 0.4) is 0 Å². The number of amides is 1. The minimum atomic E-state index is 0.161. The number of para-hydroxylation sites is 2. The van der Waals surface area contributed by atoms with E-state index in [9.17, 15) is 4.79 Å². The summed E-state index contributed by atoms with van der Waals surface area (Å²) in [6, 6.07) is 7.91. The molecule has 1 saturated heterocycles. The lowest BCUT2D eigenvalue weighted by atomic mass is 9.99. The molecule has 0 bridgehead atoms. The smallest absolute Gasteiger partial charge is 0.242 e. The van der Waals surface area contributed by atoms with Gasteiger partial charge >= 0.3 is 0 Å².